The predicted octanol–water partition coefficient (Wildman–Crippen LogP) is -0.179. The van der Waals surface area contributed by atoms with Crippen LogP contribution in [0.3, 0.4) is 0 Å². The number of hydrogen-bond acceptors (Lipinski definition) is 4. The topological polar surface area (TPSA) is 104 Å². The molecule has 88 valence electrons. The van der Waals surface area contributed by atoms with Gasteiger partial charge in [-0.1, -0.05) is 22.0 Å². The number of halogens is 1. The number of benzene rings is 1. The normalized spacial score (nSPS) is 14.5. The third-order valence-electron chi connectivity index (χ3n) is 2.17. The first-order valence-electron chi connectivity index (χ1n) is 4.52. The van der Waals surface area contributed by atoms with Gasteiger partial charge in [0, 0.05) is 4.47 Å². The lowest BCUT2D eigenvalue weighted by Crippen LogP contribution is -2.33. The van der Waals surface area contributed by atoms with Crippen LogP contribution >= 0.6 is 15.9 Å². The molecule has 0 saturated heterocycles. The summed E-state index contributed by atoms with van der Waals surface area (Å²) >= 11 is 3.21. The van der Waals surface area contributed by atoms with Crippen LogP contribution in [-0.4, -0.2) is 27.3 Å². The minimum absolute atomic E-state index is 0.214. The smallest absolute Gasteiger partial charge is 0.249 e. The molecule has 1 aromatic rings. The summed E-state index contributed by atoms with van der Waals surface area (Å²) in [6, 6.07) is 4.62. The molecule has 1 rings (SSSR count). The number of carbonyl (C=O) groups is 1. The maximum atomic E-state index is 10.7. The molecule has 0 fully saturated rings. The van der Waals surface area contributed by atoms with E-state index in [2.05, 4.69) is 15.9 Å². The Morgan fingerprint density at radius 1 is 1.44 bits per heavy atom. The van der Waals surface area contributed by atoms with Gasteiger partial charge in [0.25, 0.3) is 0 Å². The lowest BCUT2D eigenvalue weighted by Gasteiger charge is -2.16. The summed E-state index contributed by atoms with van der Waals surface area (Å²) in [5.41, 5.74) is 5.73. The second-order valence-electron chi connectivity index (χ2n) is 3.30. The summed E-state index contributed by atoms with van der Waals surface area (Å²) in [6.45, 7) is -0.214. The number of aliphatic hydroxyl groups is 3. The Bertz CT molecular complexity index is 396. The van der Waals surface area contributed by atoms with E-state index in [9.17, 15) is 15.0 Å². The minimum atomic E-state index is -1.66. The predicted molar refractivity (Wildman–Crippen MR) is 60.2 cm³/mol. The van der Waals surface area contributed by atoms with Crippen LogP contribution in [0.2, 0.25) is 0 Å². The summed E-state index contributed by atoms with van der Waals surface area (Å²) in [5, 5.41) is 27.9. The number of aliphatic hydroxyl groups excluding tert-OH is 3. The van der Waals surface area contributed by atoms with Crippen molar-refractivity contribution in [3.63, 3.8) is 0 Å². The molecule has 2 atom stereocenters. The zero-order valence-electron chi connectivity index (χ0n) is 8.30. The van der Waals surface area contributed by atoms with Gasteiger partial charge in [-0.2, -0.15) is 0 Å². The molecule has 0 bridgehead atoms. The summed E-state index contributed by atoms with van der Waals surface area (Å²) < 4.78 is 0.680. The highest BCUT2D eigenvalue weighted by Gasteiger charge is 2.23. The highest BCUT2D eigenvalue weighted by atomic mass is 79.9. The van der Waals surface area contributed by atoms with Crippen molar-refractivity contribution in [1.29, 1.82) is 0 Å². The van der Waals surface area contributed by atoms with Crippen molar-refractivity contribution in [3.8, 4) is 0 Å². The summed E-state index contributed by atoms with van der Waals surface area (Å²) in [6.07, 6.45) is -3.05. The number of nitrogens with two attached hydrogens (primary N) is 1. The number of carbonyl (C=O) groups excluding carboxylic acids is 1. The Labute approximate surface area is 101 Å². The molecule has 0 aliphatic heterocycles. The second-order valence-corrected chi connectivity index (χ2v) is 4.16. The molecule has 0 radical (unpaired) electrons. The highest BCUT2D eigenvalue weighted by molar-refractivity contribution is 9.10. The van der Waals surface area contributed by atoms with Crippen molar-refractivity contribution in [2.45, 2.75) is 18.8 Å². The van der Waals surface area contributed by atoms with Gasteiger partial charge in [0.1, 0.15) is 6.10 Å². The molecule has 2 unspecified atom stereocenters. The molecule has 5 N–H and O–H groups in total. The van der Waals surface area contributed by atoms with Gasteiger partial charge in [0.15, 0.2) is 6.10 Å². The van der Waals surface area contributed by atoms with Crippen molar-refractivity contribution >= 4 is 21.8 Å². The SMILES string of the molecule is NC(=O)C(O)C(O)c1ccc(Br)c(CO)c1. The first-order valence-corrected chi connectivity index (χ1v) is 5.31. The Kier molecular flexibility index (Phi) is 4.43. The molecule has 5 nitrogen and oxygen atoms in total. The van der Waals surface area contributed by atoms with Crippen LogP contribution in [0.4, 0.5) is 0 Å². The van der Waals surface area contributed by atoms with E-state index in [0.29, 0.717) is 15.6 Å². The largest absolute Gasteiger partial charge is 0.392 e. The Hall–Kier alpha value is -0.950. The molecule has 1 amide bonds. The van der Waals surface area contributed by atoms with Crippen LogP contribution in [0, 0.1) is 0 Å². The van der Waals surface area contributed by atoms with E-state index in [1.165, 1.54) is 12.1 Å². The molecule has 0 aliphatic rings. The number of rotatable bonds is 4. The Balaban J connectivity index is 3.00. The van der Waals surface area contributed by atoms with E-state index in [1.54, 1.807) is 6.07 Å². The van der Waals surface area contributed by atoms with Crippen molar-refractivity contribution < 1.29 is 20.1 Å². The fourth-order valence-corrected chi connectivity index (χ4v) is 1.61. The second kappa shape index (κ2) is 5.40. The number of amides is 1. The standard InChI is InChI=1S/C10H12BrNO4/c11-7-2-1-5(3-6(7)4-13)8(14)9(15)10(12)16/h1-3,8-9,13-15H,4H2,(H2,12,16). The van der Waals surface area contributed by atoms with Gasteiger partial charge < -0.3 is 21.1 Å². The van der Waals surface area contributed by atoms with Crippen molar-refractivity contribution in [3.05, 3.63) is 33.8 Å². The molecule has 0 heterocycles. The molecule has 0 spiro atoms. The fraction of sp³-hybridized carbons (Fsp3) is 0.300. The fourth-order valence-electron chi connectivity index (χ4n) is 1.24. The zero-order valence-corrected chi connectivity index (χ0v) is 9.89. The van der Waals surface area contributed by atoms with Crippen LogP contribution in [0.25, 0.3) is 0 Å². The molecule has 0 aromatic heterocycles. The van der Waals surface area contributed by atoms with Gasteiger partial charge in [-0.25, -0.2) is 0 Å². The monoisotopic (exact) mass is 289 g/mol. The van der Waals surface area contributed by atoms with Gasteiger partial charge in [-0.05, 0) is 23.3 Å². The lowest BCUT2D eigenvalue weighted by atomic mass is 10.0. The van der Waals surface area contributed by atoms with Crippen molar-refractivity contribution in [2.24, 2.45) is 5.73 Å². The molecule has 16 heavy (non-hydrogen) atoms. The van der Waals surface area contributed by atoms with E-state index >= 15 is 0 Å². The highest BCUT2D eigenvalue weighted by Crippen LogP contribution is 2.23. The quantitative estimate of drug-likeness (QED) is 0.617. The Morgan fingerprint density at radius 2 is 2.06 bits per heavy atom. The first kappa shape index (κ1) is 13.1. The summed E-state index contributed by atoms with van der Waals surface area (Å²) in [4.78, 5) is 10.7. The number of primary amides is 1. The molecule has 1 aromatic carbocycles. The minimum Gasteiger partial charge on any atom is -0.392 e. The summed E-state index contributed by atoms with van der Waals surface area (Å²) in [7, 11) is 0. The first-order chi connectivity index (χ1) is 7.47. The molecular formula is C10H12BrNO4. The Morgan fingerprint density at radius 3 is 2.56 bits per heavy atom. The van der Waals surface area contributed by atoms with Crippen LogP contribution < -0.4 is 5.73 Å². The lowest BCUT2D eigenvalue weighted by molar-refractivity contribution is -0.131. The number of hydrogen-bond donors (Lipinski definition) is 4. The van der Waals surface area contributed by atoms with E-state index in [-0.39, 0.29) is 6.61 Å². The van der Waals surface area contributed by atoms with E-state index in [4.69, 9.17) is 10.8 Å². The van der Waals surface area contributed by atoms with Crippen LogP contribution in [0.15, 0.2) is 22.7 Å². The van der Waals surface area contributed by atoms with Gasteiger partial charge in [0.2, 0.25) is 5.91 Å². The van der Waals surface area contributed by atoms with Gasteiger partial charge in [-0.15, -0.1) is 0 Å². The maximum absolute atomic E-state index is 10.7. The van der Waals surface area contributed by atoms with Gasteiger partial charge in [0.05, 0.1) is 6.61 Å². The van der Waals surface area contributed by atoms with Gasteiger partial charge in [-0.3, -0.25) is 4.79 Å². The molecular weight excluding hydrogens is 278 g/mol. The van der Waals surface area contributed by atoms with Crippen molar-refractivity contribution in [2.75, 3.05) is 0 Å². The van der Waals surface area contributed by atoms with E-state index in [0.717, 1.165) is 0 Å². The van der Waals surface area contributed by atoms with Crippen LogP contribution in [-0.2, 0) is 11.4 Å². The third-order valence-corrected chi connectivity index (χ3v) is 2.95. The van der Waals surface area contributed by atoms with Crippen LogP contribution in [0.5, 0.6) is 0 Å². The van der Waals surface area contributed by atoms with Crippen molar-refractivity contribution in [1.82, 2.24) is 0 Å². The maximum Gasteiger partial charge on any atom is 0.249 e. The zero-order chi connectivity index (χ0) is 12.3. The van der Waals surface area contributed by atoms with E-state index < -0.39 is 18.1 Å². The third kappa shape index (κ3) is 2.79. The average molecular weight is 290 g/mol. The van der Waals surface area contributed by atoms with E-state index in [1.807, 2.05) is 0 Å². The molecule has 6 heteroatoms. The molecule has 0 aliphatic carbocycles. The average Bonchev–Trinajstić information content (AvgIpc) is 2.27. The summed E-state index contributed by atoms with van der Waals surface area (Å²) in [5.74, 6) is -0.999. The molecule has 0 saturated carbocycles. The van der Waals surface area contributed by atoms with Gasteiger partial charge >= 0.3 is 0 Å². The van der Waals surface area contributed by atoms with Crippen LogP contribution in [0.1, 0.15) is 17.2 Å².